The summed E-state index contributed by atoms with van der Waals surface area (Å²) in [4.78, 5) is 0. The van der Waals surface area contributed by atoms with Crippen LogP contribution in [0, 0.1) is 23.7 Å². The summed E-state index contributed by atoms with van der Waals surface area (Å²) in [7, 11) is 2.16. The SMILES string of the molecule is CCC1CCC(C(CC(C)CC(C)C)NC)C1. The maximum Gasteiger partial charge on any atom is 0.00949 e. The van der Waals surface area contributed by atoms with Gasteiger partial charge in [0.25, 0.3) is 0 Å². The Bertz CT molecular complexity index is 200. The lowest BCUT2D eigenvalue weighted by atomic mass is 9.86. The standard InChI is InChI=1S/C16H33N/c1-6-14-7-8-15(11-14)16(17-5)10-13(4)9-12(2)3/h12-17H,6-11H2,1-5H3. The predicted octanol–water partition coefficient (Wildman–Crippen LogP) is 4.47. The van der Waals surface area contributed by atoms with Gasteiger partial charge in [-0.15, -0.1) is 0 Å². The average Bonchev–Trinajstić information content (AvgIpc) is 2.73. The minimum atomic E-state index is 0.764. The van der Waals surface area contributed by atoms with Gasteiger partial charge >= 0.3 is 0 Å². The van der Waals surface area contributed by atoms with Crippen LogP contribution in [-0.4, -0.2) is 13.1 Å². The van der Waals surface area contributed by atoms with Gasteiger partial charge in [-0.1, -0.05) is 40.5 Å². The predicted molar refractivity (Wildman–Crippen MR) is 77.2 cm³/mol. The third-order valence-corrected chi connectivity index (χ3v) is 4.63. The maximum atomic E-state index is 3.59. The van der Waals surface area contributed by atoms with E-state index in [-0.39, 0.29) is 0 Å². The molecular formula is C16H33N. The molecule has 0 radical (unpaired) electrons. The van der Waals surface area contributed by atoms with E-state index in [1.807, 2.05) is 0 Å². The van der Waals surface area contributed by atoms with E-state index in [2.05, 4.69) is 40.1 Å². The lowest BCUT2D eigenvalue weighted by Crippen LogP contribution is -2.34. The van der Waals surface area contributed by atoms with Crippen molar-refractivity contribution in [3.05, 3.63) is 0 Å². The van der Waals surface area contributed by atoms with E-state index in [4.69, 9.17) is 0 Å². The third kappa shape index (κ3) is 4.99. The first-order valence-corrected chi connectivity index (χ1v) is 7.74. The first-order chi connectivity index (χ1) is 8.06. The van der Waals surface area contributed by atoms with Crippen molar-refractivity contribution >= 4 is 0 Å². The van der Waals surface area contributed by atoms with E-state index in [1.54, 1.807) is 0 Å². The molecule has 1 rings (SSSR count). The molecular weight excluding hydrogens is 206 g/mol. The molecule has 1 saturated carbocycles. The third-order valence-electron chi connectivity index (χ3n) is 4.63. The van der Waals surface area contributed by atoms with E-state index in [0.29, 0.717) is 0 Å². The zero-order valence-corrected chi connectivity index (χ0v) is 12.6. The highest BCUT2D eigenvalue weighted by Gasteiger charge is 2.29. The molecule has 0 aromatic rings. The molecule has 0 saturated heterocycles. The van der Waals surface area contributed by atoms with Crippen molar-refractivity contribution < 1.29 is 0 Å². The van der Waals surface area contributed by atoms with Gasteiger partial charge in [0, 0.05) is 6.04 Å². The Balaban J connectivity index is 2.38. The zero-order valence-electron chi connectivity index (χ0n) is 12.6. The number of hydrogen-bond acceptors (Lipinski definition) is 1. The quantitative estimate of drug-likeness (QED) is 0.691. The highest BCUT2D eigenvalue weighted by Crippen LogP contribution is 2.36. The van der Waals surface area contributed by atoms with Crippen LogP contribution in [0.2, 0.25) is 0 Å². The smallest absolute Gasteiger partial charge is 0.00949 e. The van der Waals surface area contributed by atoms with E-state index in [0.717, 1.165) is 29.7 Å². The van der Waals surface area contributed by atoms with Crippen molar-refractivity contribution in [2.75, 3.05) is 7.05 Å². The van der Waals surface area contributed by atoms with E-state index < -0.39 is 0 Å². The van der Waals surface area contributed by atoms with Gasteiger partial charge < -0.3 is 5.32 Å². The van der Waals surface area contributed by atoms with Crippen molar-refractivity contribution in [2.24, 2.45) is 23.7 Å². The van der Waals surface area contributed by atoms with Crippen molar-refractivity contribution in [3.63, 3.8) is 0 Å². The Morgan fingerprint density at radius 1 is 1.12 bits per heavy atom. The van der Waals surface area contributed by atoms with Crippen LogP contribution in [0.25, 0.3) is 0 Å². The Hall–Kier alpha value is -0.0400. The molecule has 1 N–H and O–H groups in total. The Kier molecular flexibility index (Phi) is 6.54. The minimum absolute atomic E-state index is 0.764. The van der Waals surface area contributed by atoms with Crippen LogP contribution in [-0.2, 0) is 0 Å². The van der Waals surface area contributed by atoms with Crippen molar-refractivity contribution in [1.29, 1.82) is 0 Å². The zero-order chi connectivity index (χ0) is 12.8. The van der Waals surface area contributed by atoms with Crippen LogP contribution in [0.3, 0.4) is 0 Å². The molecule has 0 bridgehead atoms. The normalized spacial score (nSPS) is 28.6. The monoisotopic (exact) mass is 239 g/mol. The minimum Gasteiger partial charge on any atom is -0.317 e. The van der Waals surface area contributed by atoms with Gasteiger partial charge in [-0.3, -0.25) is 0 Å². The molecule has 1 aliphatic rings. The molecule has 1 aliphatic carbocycles. The number of hydrogen-bond donors (Lipinski definition) is 1. The van der Waals surface area contributed by atoms with Gasteiger partial charge in [0.15, 0.2) is 0 Å². The summed E-state index contributed by atoms with van der Waals surface area (Å²) in [6.45, 7) is 9.46. The Morgan fingerprint density at radius 2 is 1.82 bits per heavy atom. The molecule has 0 amide bonds. The Morgan fingerprint density at radius 3 is 2.29 bits per heavy atom. The first kappa shape index (κ1) is 15.0. The summed E-state index contributed by atoms with van der Waals surface area (Å²) in [6, 6.07) is 0.764. The fourth-order valence-corrected chi connectivity index (χ4v) is 3.73. The van der Waals surface area contributed by atoms with Crippen LogP contribution in [0.15, 0.2) is 0 Å². The van der Waals surface area contributed by atoms with Crippen molar-refractivity contribution in [3.8, 4) is 0 Å². The number of rotatable bonds is 7. The second-order valence-electron chi connectivity index (χ2n) is 6.71. The highest BCUT2D eigenvalue weighted by molar-refractivity contribution is 4.84. The van der Waals surface area contributed by atoms with Gasteiger partial charge in [0.1, 0.15) is 0 Å². The summed E-state index contributed by atoms with van der Waals surface area (Å²) < 4.78 is 0. The fraction of sp³-hybridized carbons (Fsp3) is 1.00. The van der Waals surface area contributed by atoms with Crippen LogP contribution in [0.4, 0.5) is 0 Å². The molecule has 0 heterocycles. The lowest BCUT2D eigenvalue weighted by molar-refractivity contribution is 0.287. The summed E-state index contributed by atoms with van der Waals surface area (Å²) in [5.41, 5.74) is 0. The topological polar surface area (TPSA) is 12.0 Å². The molecule has 0 aromatic heterocycles. The molecule has 102 valence electrons. The summed E-state index contributed by atoms with van der Waals surface area (Å²) >= 11 is 0. The van der Waals surface area contributed by atoms with Crippen molar-refractivity contribution in [1.82, 2.24) is 5.32 Å². The number of nitrogens with one attached hydrogen (secondary N) is 1. The van der Waals surface area contributed by atoms with Crippen molar-refractivity contribution in [2.45, 2.75) is 72.3 Å². The second kappa shape index (κ2) is 7.41. The van der Waals surface area contributed by atoms with Gasteiger partial charge in [-0.25, -0.2) is 0 Å². The molecule has 17 heavy (non-hydrogen) atoms. The molecule has 4 unspecified atom stereocenters. The molecule has 1 nitrogen and oxygen atoms in total. The van der Waals surface area contributed by atoms with E-state index >= 15 is 0 Å². The summed E-state index contributed by atoms with van der Waals surface area (Å²) in [5, 5.41) is 3.59. The highest BCUT2D eigenvalue weighted by atomic mass is 14.9. The van der Waals surface area contributed by atoms with Crippen LogP contribution in [0.1, 0.15) is 66.2 Å². The molecule has 0 spiro atoms. The van der Waals surface area contributed by atoms with Gasteiger partial charge in [0.05, 0.1) is 0 Å². The second-order valence-corrected chi connectivity index (χ2v) is 6.71. The molecule has 1 fully saturated rings. The average molecular weight is 239 g/mol. The van der Waals surface area contributed by atoms with E-state index in [9.17, 15) is 0 Å². The van der Waals surface area contributed by atoms with Gasteiger partial charge in [-0.2, -0.15) is 0 Å². The largest absolute Gasteiger partial charge is 0.317 e. The van der Waals surface area contributed by atoms with Crippen LogP contribution >= 0.6 is 0 Å². The maximum absolute atomic E-state index is 3.59. The fourth-order valence-electron chi connectivity index (χ4n) is 3.73. The van der Waals surface area contributed by atoms with E-state index in [1.165, 1.54) is 38.5 Å². The summed E-state index contributed by atoms with van der Waals surface area (Å²) in [5.74, 6) is 3.67. The Labute approximate surface area is 109 Å². The van der Waals surface area contributed by atoms with Crippen LogP contribution < -0.4 is 5.32 Å². The summed E-state index contributed by atoms with van der Waals surface area (Å²) in [6.07, 6.45) is 8.53. The first-order valence-electron chi connectivity index (χ1n) is 7.74. The molecule has 4 atom stereocenters. The van der Waals surface area contributed by atoms with Gasteiger partial charge in [0.2, 0.25) is 0 Å². The lowest BCUT2D eigenvalue weighted by Gasteiger charge is -2.27. The van der Waals surface area contributed by atoms with Crippen LogP contribution in [0.5, 0.6) is 0 Å². The molecule has 0 aromatic carbocycles. The van der Waals surface area contributed by atoms with Gasteiger partial charge in [-0.05, 0) is 56.4 Å². The molecule has 0 aliphatic heterocycles. The molecule has 1 heteroatoms.